The van der Waals surface area contributed by atoms with Crippen molar-refractivity contribution in [1.29, 1.82) is 0 Å². The van der Waals surface area contributed by atoms with Gasteiger partial charge in [-0.05, 0) is 47.5 Å². The summed E-state index contributed by atoms with van der Waals surface area (Å²) < 4.78 is 13.3. The van der Waals surface area contributed by atoms with Gasteiger partial charge in [-0.3, -0.25) is 19.6 Å². The number of rotatable bonds is 4. The number of nitrogens with zero attached hydrogens (tertiary/aromatic N) is 3. The van der Waals surface area contributed by atoms with Crippen LogP contribution in [0.15, 0.2) is 78.9 Å². The van der Waals surface area contributed by atoms with Crippen LogP contribution < -0.4 is 0 Å². The van der Waals surface area contributed by atoms with E-state index < -0.39 is 23.5 Å². The van der Waals surface area contributed by atoms with Crippen LogP contribution in [-0.4, -0.2) is 31.7 Å². The number of aromatic nitrogens is 2. The molecule has 3 heterocycles. The van der Waals surface area contributed by atoms with Crippen molar-refractivity contribution in [2.45, 2.75) is 12.6 Å². The number of aliphatic hydroxyl groups is 1. The van der Waals surface area contributed by atoms with E-state index in [0.29, 0.717) is 5.56 Å². The number of likely N-dealkylation sites (tertiary alicyclic amines) is 1. The number of ketones is 1. The number of hydrogen-bond acceptors (Lipinski definition) is 5. The average Bonchev–Trinajstić information content (AvgIpc) is 3.00. The highest BCUT2D eigenvalue weighted by Gasteiger charge is 2.46. The van der Waals surface area contributed by atoms with E-state index in [9.17, 15) is 19.1 Å². The molecule has 6 nitrogen and oxygen atoms in total. The first-order chi connectivity index (χ1) is 14.1. The number of carbonyl (C=O) groups is 2. The molecule has 0 bridgehead atoms. The van der Waals surface area contributed by atoms with Gasteiger partial charge in [-0.15, -0.1) is 0 Å². The van der Waals surface area contributed by atoms with E-state index in [0.717, 1.165) is 5.56 Å². The smallest absolute Gasteiger partial charge is 0.295 e. The molecule has 3 aromatic rings. The van der Waals surface area contributed by atoms with Crippen LogP contribution in [0.25, 0.3) is 5.76 Å². The van der Waals surface area contributed by atoms with Gasteiger partial charge in [-0.2, -0.15) is 0 Å². The number of benzene rings is 1. The molecule has 1 aliphatic heterocycles. The molecule has 1 atom stereocenters. The third kappa shape index (κ3) is 3.50. The van der Waals surface area contributed by atoms with Crippen LogP contribution in [0.3, 0.4) is 0 Å². The molecule has 7 heteroatoms. The van der Waals surface area contributed by atoms with Gasteiger partial charge in [0.15, 0.2) is 0 Å². The van der Waals surface area contributed by atoms with Crippen LogP contribution in [0.1, 0.15) is 22.7 Å². The van der Waals surface area contributed by atoms with Gasteiger partial charge < -0.3 is 10.0 Å². The molecule has 1 saturated heterocycles. The van der Waals surface area contributed by atoms with Gasteiger partial charge in [0.1, 0.15) is 11.6 Å². The molecule has 2 aromatic heterocycles. The zero-order valence-electron chi connectivity index (χ0n) is 15.2. The number of hydrogen-bond donors (Lipinski definition) is 1. The Balaban J connectivity index is 1.85. The van der Waals surface area contributed by atoms with E-state index in [4.69, 9.17) is 0 Å². The highest BCUT2D eigenvalue weighted by Crippen LogP contribution is 2.39. The molecule has 0 spiro atoms. The van der Waals surface area contributed by atoms with Crippen molar-refractivity contribution < 1.29 is 19.1 Å². The summed E-state index contributed by atoms with van der Waals surface area (Å²) >= 11 is 0. The normalized spacial score (nSPS) is 18.2. The zero-order valence-corrected chi connectivity index (χ0v) is 15.2. The Morgan fingerprint density at radius 2 is 1.69 bits per heavy atom. The van der Waals surface area contributed by atoms with Gasteiger partial charge in [0.2, 0.25) is 0 Å². The minimum atomic E-state index is -0.825. The average molecular weight is 389 g/mol. The Morgan fingerprint density at radius 1 is 1.00 bits per heavy atom. The number of aliphatic hydroxyl groups excluding tert-OH is 1. The standard InChI is InChI=1S/C22H16FN3O3/c23-17-7-5-15(6-8-17)20(27)18-19(16-4-2-10-25-12-16)26(22(29)21(18)28)13-14-3-1-9-24-11-14/h1-12,19,27H,13H2/b20-18-. The predicted octanol–water partition coefficient (Wildman–Crippen LogP) is 3.24. The molecular weight excluding hydrogens is 373 g/mol. The Hall–Kier alpha value is -3.87. The fraction of sp³-hybridized carbons (Fsp3) is 0.0909. The molecule has 144 valence electrons. The number of Topliss-reactive ketones (excluding diaryl/α,β-unsaturated/α-hetero) is 1. The summed E-state index contributed by atoms with van der Waals surface area (Å²) in [6, 6.07) is 11.2. The van der Waals surface area contributed by atoms with Gasteiger partial charge in [-0.25, -0.2) is 4.39 Å². The summed E-state index contributed by atoms with van der Waals surface area (Å²) in [5, 5.41) is 10.8. The first kappa shape index (κ1) is 18.5. The molecule has 0 aliphatic carbocycles. The molecule has 1 fully saturated rings. The lowest BCUT2D eigenvalue weighted by molar-refractivity contribution is -0.140. The first-order valence-corrected chi connectivity index (χ1v) is 8.89. The fourth-order valence-electron chi connectivity index (χ4n) is 3.38. The second-order valence-corrected chi connectivity index (χ2v) is 6.58. The molecule has 1 aromatic carbocycles. The molecule has 4 rings (SSSR count). The lowest BCUT2D eigenvalue weighted by atomic mass is 9.96. The minimum absolute atomic E-state index is 0.0569. The third-order valence-electron chi connectivity index (χ3n) is 4.73. The Kier molecular flexibility index (Phi) is 4.87. The number of pyridine rings is 2. The lowest BCUT2D eigenvalue weighted by Gasteiger charge is -2.25. The van der Waals surface area contributed by atoms with Crippen molar-refractivity contribution in [2.24, 2.45) is 0 Å². The Bertz CT molecular complexity index is 1080. The van der Waals surface area contributed by atoms with Crippen molar-refractivity contribution in [3.05, 3.63) is 101 Å². The van der Waals surface area contributed by atoms with Crippen molar-refractivity contribution >= 4 is 17.4 Å². The van der Waals surface area contributed by atoms with E-state index in [2.05, 4.69) is 9.97 Å². The maximum atomic E-state index is 13.3. The first-order valence-electron chi connectivity index (χ1n) is 8.89. The van der Waals surface area contributed by atoms with E-state index in [1.165, 1.54) is 29.2 Å². The lowest BCUT2D eigenvalue weighted by Crippen LogP contribution is -2.29. The van der Waals surface area contributed by atoms with E-state index in [1.807, 2.05) is 0 Å². The molecule has 29 heavy (non-hydrogen) atoms. The maximum absolute atomic E-state index is 13.3. The van der Waals surface area contributed by atoms with Crippen LogP contribution in [0.4, 0.5) is 4.39 Å². The summed E-state index contributed by atoms with van der Waals surface area (Å²) in [5.74, 6) is -2.36. The molecule has 0 radical (unpaired) electrons. The summed E-state index contributed by atoms with van der Waals surface area (Å²) in [5.41, 5.74) is 1.52. The number of carbonyl (C=O) groups excluding carboxylic acids is 2. The third-order valence-corrected chi connectivity index (χ3v) is 4.73. The maximum Gasteiger partial charge on any atom is 0.295 e. The summed E-state index contributed by atoms with van der Waals surface area (Å²) in [4.78, 5) is 35.2. The molecule has 0 saturated carbocycles. The second kappa shape index (κ2) is 7.63. The Labute approximate surface area is 166 Å². The van der Waals surface area contributed by atoms with Crippen LogP contribution in [0.5, 0.6) is 0 Å². The van der Waals surface area contributed by atoms with Gasteiger partial charge >= 0.3 is 0 Å². The predicted molar refractivity (Wildman–Crippen MR) is 103 cm³/mol. The van der Waals surface area contributed by atoms with Gasteiger partial charge in [0.25, 0.3) is 11.7 Å². The largest absolute Gasteiger partial charge is 0.507 e. The van der Waals surface area contributed by atoms with E-state index in [1.54, 1.807) is 49.1 Å². The summed E-state index contributed by atoms with van der Waals surface area (Å²) in [6.07, 6.45) is 6.35. The monoisotopic (exact) mass is 389 g/mol. The van der Waals surface area contributed by atoms with Crippen LogP contribution >= 0.6 is 0 Å². The highest BCUT2D eigenvalue weighted by atomic mass is 19.1. The molecule has 1 aliphatic rings. The minimum Gasteiger partial charge on any atom is -0.507 e. The highest BCUT2D eigenvalue weighted by molar-refractivity contribution is 6.46. The summed E-state index contributed by atoms with van der Waals surface area (Å²) in [7, 11) is 0. The molecular formula is C22H16FN3O3. The second-order valence-electron chi connectivity index (χ2n) is 6.58. The van der Waals surface area contributed by atoms with Crippen molar-refractivity contribution in [2.75, 3.05) is 0 Å². The van der Waals surface area contributed by atoms with Crippen LogP contribution in [-0.2, 0) is 16.1 Å². The van der Waals surface area contributed by atoms with Crippen molar-refractivity contribution in [1.82, 2.24) is 14.9 Å². The SMILES string of the molecule is O=C1C(=O)N(Cc2cccnc2)C(c2cccnc2)/C1=C(/O)c1ccc(F)cc1. The fourth-order valence-corrected chi connectivity index (χ4v) is 3.38. The van der Waals surface area contributed by atoms with Crippen molar-refractivity contribution in [3.8, 4) is 0 Å². The molecule has 1 amide bonds. The Morgan fingerprint density at radius 3 is 2.31 bits per heavy atom. The van der Waals surface area contributed by atoms with Crippen LogP contribution in [0.2, 0.25) is 0 Å². The van der Waals surface area contributed by atoms with E-state index >= 15 is 0 Å². The van der Waals surface area contributed by atoms with Gasteiger partial charge in [0.05, 0.1) is 11.6 Å². The van der Waals surface area contributed by atoms with Crippen LogP contribution in [0, 0.1) is 5.82 Å². The van der Waals surface area contributed by atoms with Gasteiger partial charge in [-0.1, -0.05) is 12.1 Å². The topological polar surface area (TPSA) is 83.4 Å². The molecule has 1 unspecified atom stereocenters. The van der Waals surface area contributed by atoms with Gasteiger partial charge in [0, 0.05) is 36.9 Å². The summed E-state index contributed by atoms with van der Waals surface area (Å²) in [6.45, 7) is 0.137. The quantitative estimate of drug-likeness (QED) is 0.421. The van der Waals surface area contributed by atoms with Crippen molar-refractivity contribution in [3.63, 3.8) is 0 Å². The molecule has 1 N–H and O–H groups in total. The van der Waals surface area contributed by atoms with E-state index in [-0.39, 0.29) is 23.4 Å². The number of halogens is 1. The zero-order chi connectivity index (χ0) is 20.4. The number of amides is 1.